The summed E-state index contributed by atoms with van der Waals surface area (Å²) in [6.07, 6.45) is 2.89. The molecule has 1 saturated heterocycles. The van der Waals surface area contributed by atoms with Gasteiger partial charge in [-0.25, -0.2) is 8.78 Å². The lowest BCUT2D eigenvalue weighted by Gasteiger charge is -2.41. The van der Waals surface area contributed by atoms with Crippen LogP contribution in [0.5, 0.6) is 0 Å². The summed E-state index contributed by atoms with van der Waals surface area (Å²) in [5.41, 5.74) is -1.53. The van der Waals surface area contributed by atoms with Gasteiger partial charge in [0.2, 0.25) is 10.9 Å². The number of likely N-dealkylation sites (tertiary alicyclic amines) is 1. The van der Waals surface area contributed by atoms with Crippen molar-refractivity contribution in [3.8, 4) is 0 Å². The normalized spacial score (nSPS) is 22.3. The summed E-state index contributed by atoms with van der Waals surface area (Å²) in [5, 5.41) is -0.618. The highest BCUT2D eigenvalue weighted by atomic mass is 32.1. The third-order valence-electron chi connectivity index (χ3n) is 7.47. The van der Waals surface area contributed by atoms with Crippen molar-refractivity contribution in [2.24, 2.45) is 11.3 Å². The van der Waals surface area contributed by atoms with E-state index in [2.05, 4.69) is 19.6 Å². The molecule has 35 heavy (non-hydrogen) atoms. The Labute approximate surface area is 211 Å². The van der Waals surface area contributed by atoms with Gasteiger partial charge in [0.25, 0.3) is 5.91 Å². The fourth-order valence-electron chi connectivity index (χ4n) is 5.13. The van der Waals surface area contributed by atoms with Crippen molar-refractivity contribution >= 4 is 29.4 Å². The van der Waals surface area contributed by atoms with Crippen LogP contribution in [-0.2, 0) is 19.9 Å². The highest BCUT2D eigenvalue weighted by molar-refractivity contribution is 7.96. The number of thiol groups is 1. The molecule has 0 radical (unpaired) electrons. The van der Waals surface area contributed by atoms with Gasteiger partial charge in [-0.3, -0.25) is 14.4 Å². The SMILES string of the molecule is CCCCC1CN(C(=O)C(=O)C(C)(C)CC)C(C(=O)S)(c2ccc(F)cc2)C1c1ccc(F)cc1. The van der Waals surface area contributed by atoms with Gasteiger partial charge in [0.1, 0.15) is 17.2 Å². The Morgan fingerprint density at radius 2 is 1.54 bits per heavy atom. The van der Waals surface area contributed by atoms with Gasteiger partial charge in [-0.2, -0.15) is 0 Å². The smallest absolute Gasteiger partial charge is 0.291 e. The van der Waals surface area contributed by atoms with Crippen LogP contribution >= 0.6 is 12.6 Å². The van der Waals surface area contributed by atoms with E-state index in [0.29, 0.717) is 24.0 Å². The monoisotopic (exact) mass is 501 g/mol. The first-order valence-corrected chi connectivity index (χ1v) is 12.6. The zero-order valence-corrected chi connectivity index (χ0v) is 21.6. The van der Waals surface area contributed by atoms with E-state index < -0.39 is 45.3 Å². The summed E-state index contributed by atoms with van der Waals surface area (Å²) >= 11 is 4.28. The highest BCUT2D eigenvalue weighted by Gasteiger charge is 2.61. The predicted octanol–water partition coefficient (Wildman–Crippen LogP) is 6.05. The van der Waals surface area contributed by atoms with E-state index in [1.54, 1.807) is 26.0 Å². The Bertz CT molecular complexity index is 1080. The number of ketones is 1. The molecule has 0 aromatic heterocycles. The summed E-state index contributed by atoms with van der Waals surface area (Å²) in [4.78, 5) is 42.1. The molecule has 0 saturated carbocycles. The molecule has 3 rings (SSSR count). The molecule has 1 fully saturated rings. The number of hydrogen-bond donors (Lipinski definition) is 1. The van der Waals surface area contributed by atoms with Crippen molar-refractivity contribution in [1.29, 1.82) is 0 Å². The average molecular weight is 502 g/mol. The van der Waals surface area contributed by atoms with Crippen LogP contribution in [0.3, 0.4) is 0 Å². The molecule has 1 aliphatic rings. The van der Waals surface area contributed by atoms with Crippen molar-refractivity contribution in [2.75, 3.05) is 6.54 Å². The number of amides is 1. The number of carbonyl (C=O) groups is 3. The molecular weight excluding hydrogens is 468 g/mol. The van der Waals surface area contributed by atoms with Gasteiger partial charge in [0.15, 0.2) is 0 Å². The molecule has 1 aliphatic heterocycles. The Hall–Kier alpha value is -2.54. The number of rotatable bonds is 9. The molecule has 2 aromatic carbocycles. The lowest BCUT2D eigenvalue weighted by molar-refractivity contribution is -0.154. The average Bonchev–Trinajstić information content (AvgIpc) is 3.18. The van der Waals surface area contributed by atoms with Crippen LogP contribution in [0.15, 0.2) is 48.5 Å². The standard InChI is InChI=1S/C28H33F2NO3S/c1-5-7-8-19-17-31(25(33)24(32)27(3,4)6-2)28(26(34)35,20-11-15-22(30)16-12-20)23(19)18-9-13-21(29)14-10-18/h9-16,19,23H,5-8,17H2,1-4H3,(H,34,35). The maximum absolute atomic E-state index is 13.9. The van der Waals surface area contributed by atoms with E-state index >= 15 is 0 Å². The van der Waals surface area contributed by atoms with Gasteiger partial charge in [0, 0.05) is 17.9 Å². The molecule has 3 atom stereocenters. The Balaban J connectivity index is 2.31. The summed E-state index contributed by atoms with van der Waals surface area (Å²) in [5.74, 6) is -3.04. The summed E-state index contributed by atoms with van der Waals surface area (Å²) in [7, 11) is 0. The molecular formula is C28H33F2NO3S. The lowest BCUT2D eigenvalue weighted by atomic mass is 9.70. The molecule has 1 amide bonds. The van der Waals surface area contributed by atoms with Gasteiger partial charge in [-0.1, -0.05) is 64.8 Å². The maximum Gasteiger partial charge on any atom is 0.291 e. The fourth-order valence-corrected chi connectivity index (χ4v) is 5.52. The largest absolute Gasteiger partial charge is 0.317 e. The highest BCUT2D eigenvalue weighted by Crippen LogP contribution is 2.55. The molecule has 0 N–H and O–H groups in total. The molecule has 3 unspecified atom stereocenters. The van der Waals surface area contributed by atoms with Crippen LogP contribution in [0.4, 0.5) is 8.78 Å². The second kappa shape index (κ2) is 10.6. The second-order valence-corrected chi connectivity index (χ2v) is 10.4. The van der Waals surface area contributed by atoms with Crippen molar-refractivity contribution in [2.45, 2.75) is 64.8 Å². The number of Topliss-reactive ketones (excluding diaryl/α,β-unsaturated/α-hetero) is 1. The quantitative estimate of drug-likeness (QED) is 0.336. The van der Waals surface area contributed by atoms with E-state index in [4.69, 9.17) is 0 Å². The Morgan fingerprint density at radius 3 is 2.03 bits per heavy atom. The number of unbranched alkanes of at least 4 members (excludes halogenated alkanes) is 1. The number of nitrogens with zero attached hydrogens (tertiary/aromatic N) is 1. The zero-order valence-electron chi connectivity index (χ0n) is 20.7. The number of benzene rings is 2. The summed E-state index contributed by atoms with van der Waals surface area (Å²) in [6.45, 7) is 7.46. The minimum absolute atomic E-state index is 0.163. The van der Waals surface area contributed by atoms with Crippen molar-refractivity contribution < 1.29 is 23.2 Å². The van der Waals surface area contributed by atoms with E-state index in [1.165, 1.54) is 41.3 Å². The van der Waals surface area contributed by atoms with Crippen molar-refractivity contribution in [3.05, 3.63) is 71.3 Å². The van der Waals surface area contributed by atoms with Crippen molar-refractivity contribution in [3.63, 3.8) is 0 Å². The van der Waals surface area contributed by atoms with Crippen LogP contribution in [0.25, 0.3) is 0 Å². The first-order valence-electron chi connectivity index (χ1n) is 12.1. The summed E-state index contributed by atoms with van der Waals surface area (Å²) in [6, 6.07) is 11.3. The van der Waals surface area contributed by atoms with Crippen molar-refractivity contribution in [1.82, 2.24) is 4.90 Å². The minimum Gasteiger partial charge on any atom is -0.317 e. The number of halogens is 2. The maximum atomic E-state index is 13.9. The van der Waals surface area contributed by atoms with Gasteiger partial charge in [-0.15, -0.1) is 12.6 Å². The minimum atomic E-state index is -1.65. The predicted molar refractivity (Wildman–Crippen MR) is 135 cm³/mol. The molecule has 0 aliphatic carbocycles. The van der Waals surface area contributed by atoms with E-state index in [9.17, 15) is 23.2 Å². The van der Waals surface area contributed by atoms with E-state index in [0.717, 1.165) is 12.8 Å². The molecule has 188 valence electrons. The summed E-state index contributed by atoms with van der Waals surface area (Å²) < 4.78 is 27.8. The lowest BCUT2D eigenvalue weighted by Crippen LogP contribution is -2.55. The molecule has 1 heterocycles. The molecule has 7 heteroatoms. The molecule has 2 aromatic rings. The second-order valence-electron chi connectivity index (χ2n) is 9.99. The van der Waals surface area contributed by atoms with Gasteiger partial charge < -0.3 is 4.90 Å². The fraction of sp³-hybridized carbons (Fsp3) is 0.464. The number of carbonyl (C=O) groups excluding carboxylic acids is 3. The number of hydrogen-bond acceptors (Lipinski definition) is 3. The molecule has 4 nitrogen and oxygen atoms in total. The zero-order chi connectivity index (χ0) is 26.0. The Morgan fingerprint density at radius 1 is 1.00 bits per heavy atom. The van der Waals surface area contributed by atoms with Gasteiger partial charge in [0.05, 0.1) is 0 Å². The third kappa shape index (κ3) is 4.92. The van der Waals surface area contributed by atoms with Crippen LogP contribution in [0.2, 0.25) is 0 Å². The van der Waals surface area contributed by atoms with Crippen LogP contribution in [0.1, 0.15) is 70.4 Å². The first-order chi connectivity index (χ1) is 16.5. The topological polar surface area (TPSA) is 54.5 Å². The van der Waals surface area contributed by atoms with Gasteiger partial charge >= 0.3 is 0 Å². The van der Waals surface area contributed by atoms with Gasteiger partial charge in [-0.05, 0) is 54.2 Å². The molecule has 0 bridgehead atoms. The van der Waals surface area contributed by atoms with Crippen LogP contribution in [-0.4, -0.2) is 28.3 Å². The Kier molecular flexibility index (Phi) is 8.20. The van der Waals surface area contributed by atoms with Crippen LogP contribution in [0, 0.1) is 23.0 Å². The third-order valence-corrected chi connectivity index (χ3v) is 7.81. The molecule has 0 spiro atoms. The van der Waals surface area contributed by atoms with E-state index in [-0.39, 0.29) is 12.5 Å². The van der Waals surface area contributed by atoms with E-state index in [1.807, 2.05) is 6.92 Å². The first kappa shape index (κ1) is 27.1. The van der Waals surface area contributed by atoms with Crippen LogP contribution < -0.4 is 0 Å².